The third kappa shape index (κ3) is 3.51. The molecule has 2 N–H and O–H groups in total. The zero-order valence-electron chi connectivity index (χ0n) is 13.1. The number of carbonyl (C=O) groups excluding carboxylic acids is 2. The number of amides is 2. The van der Waals surface area contributed by atoms with E-state index in [1.54, 1.807) is 0 Å². The highest BCUT2D eigenvalue weighted by atomic mass is 16.5. The van der Waals surface area contributed by atoms with Gasteiger partial charge in [-0.05, 0) is 37.1 Å². The molecule has 118 valence electrons. The highest BCUT2D eigenvalue weighted by Gasteiger charge is 2.21. The van der Waals surface area contributed by atoms with Crippen LogP contribution in [0.5, 0.6) is 5.75 Å². The second kappa shape index (κ2) is 6.12. The lowest BCUT2D eigenvalue weighted by molar-refractivity contribution is -0.118. The minimum atomic E-state index is -0.194. The van der Waals surface area contributed by atoms with E-state index in [4.69, 9.17) is 4.74 Å². The van der Waals surface area contributed by atoms with Crippen LogP contribution in [0.4, 0.5) is 11.4 Å². The zero-order valence-corrected chi connectivity index (χ0v) is 13.1. The predicted octanol–water partition coefficient (Wildman–Crippen LogP) is 2.82. The van der Waals surface area contributed by atoms with Gasteiger partial charge < -0.3 is 15.4 Å². The molecule has 0 radical (unpaired) electrons. The molecular weight excluding hydrogens is 292 g/mol. The van der Waals surface area contributed by atoms with E-state index < -0.39 is 0 Å². The molecule has 0 spiro atoms. The van der Waals surface area contributed by atoms with Gasteiger partial charge in [-0.25, -0.2) is 0 Å². The van der Waals surface area contributed by atoms with Crippen LogP contribution in [0.1, 0.15) is 16.7 Å². The number of nitrogens with one attached hydrogen (secondary N) is 2. The van der Waals surface area contributed by atoms with Gasteiger partial charge in [0.1, 0.15) is 0 Å². The molecule has 0 saturated carbocycles. The van der Waals surface area contributed by atoms with Gasteiger partial charge >= 0.3 is 0 Å². The third-order valence-electron chi connectivity index (χ3n) is 3.58. The Morgan fingerprint density at radius 1 is 1.22 bits per heavy atom. The number of anilines is 2. The summed E-state index contributed by atoms with van der Waals surface area (Å²) in [5.41, 5.74) is 4.18. The number of ether oxygens (including phenoxy) is 1. The molecule has 1 aliphatic rings. The first-order chi connectivity index (χ1) is 11.0. The van der Waals surface area contributed by atoms with E-state index in [0.29, 0.717) is 17.1 Å². The minimum absolute atomic E-state index is 0.0448. The van der Waals surface area contributed by atoms with E-state index in [0.717, 1.165) is 16.7 Å². The van der Waals surface area contributed by atoms with E-state index in [1.807, 2.05) is 50.2 Å². The topological polar surface area (TPSA) is 67.4 Å². The van der Waals surface area contributed by atoms with Crippen molar-refractivity contribution in [1.82, 2.24) is 0 Å². The highest BCUT2D eigenvalue weighted by Crippen LogP contribution is 2.37. The van der Waals surface area contributed by atoms with Crippen molar-refractivity contribution in [3.8, 4) is 5.75 Å². The molecule has 0 unspecified atom stereocenters. The van der Waals surface area contributed by atoms with Crippen molar-refractivity contribution in [3.05, 3.63) is 53.1 Å². The van der Waals surface area contributed by atoms with Crippen molar-refractivity contribution in [2.75, 3.05) is 17.2 Å². The van der Waals surface area contributed by atoms with E-state index in [-0.39, 0.29) is 24.8 Å². The summed E-state index contributed by atoms with van der Waals surface area (Å²) in [7, 11) is 0. The SMILES string of the molecule is Cc1cccc(CC(=O)Nc2cc(C)cc3c2OCC(=O)N3)c1. The largest absolute Gasteiger partial charge is 0.479 e. The van der Waals surface area contributed by atoms with Crippen molar-refractivity contribution in [2.24, 2.45) is 0 Å². The van der Waals surface area contributed by atoms with E-state index in [9.17, 15) is 9.59 Å². The normalized spacial score (nSPS) is 12.9. The molecule has 2 aromatic rings. The van der Waals surface area contributed by atoms with E-state index >= 15 is 0 Å². The van der Waals surface area contributed by atoms with Crippen LogP contribution in [0.3, 0.4) is 0 Å². The first-order valence-corrected chi connectivity index (χ1v) is 7.44. The van der Waals surface area contributed by atoms with Crippen LogP contribution >= 0.6 is 0 Å². The van der Waals surface area contributed by atoms with Gasteiger partial charge in [-0.15, -0.1) is 0 Å². The van der Waals surface area contributed by atoms with Gasteiger partial charge in [0.25, 0.3) is 5.91 Å². The molecule has 2 aromatic carbocycles. The maximum Gasteiger partial charge on any atom is 0.262 e. The van der Waals surface area contributed by atoms with Crippen LogP contribution < -0.4 is 15.4 Å². The third-order valence-corrected chi connectivity index (χ3v) is 3.58. The number of carbonyl (C=O) groups is 2. The number of benzene rings is 2. The quantitative estimate of drug-likeness (QED) is 0.916. The fraction of sp³-hybridized carbons (Fsp3) is 0.222. The van der Waals surface area contributed by atoms with Gasteiger partial charge in [0.15, 0.2) is 12.4 Å². The average molecular weight is 310 g/mol. The fourth-order valence-corrected chi connectivity index (χ4v) is 2.64. The monoisotopic (exact) mass is 310 g/mol. The standard InChI is InChI=1S/C18H18N2O3/c1-11-4-3-5-13(6-11)9-16(21)19-14-7-12(2)8-15-18(14)23-10-17(22)20-15/h3-8H,9-10H2,1-2H3,(H,19,21)(H,20,22). The molecule has 2 amide bonds. The summed E-state index contributed by atoms with van der Waals surface area (Å²) in [5.74, 6) is 0.192. The summed E-state index contributed by atoms with van der Waals surface area (Å²) in [6.45, 7) is 3.85. The molecule has 0 aromatic heterocycles. The molecular formula is C18H18N2O3. The van der Waals surface area contributed by atoms with Crippen molar-refractivity contribution in [1.29, 1.82) is 0 Å². The lowest BCUT2D eigenvalue weighted by atomic mass is 10.1. The van der Waals surface area contributed by atoms with Crippen LogP contribution in [0.2, 0.25) is 0 Å². The number of rotatable bonds is 3. The summed E-state index contributed by atoms with van der Waals surface area (Å²) in [6, 6.07) is 11.5. The average Bonchev–Trinajstić information content (AvgIpc) is 2.46. The first-order valence-electron chi connectivity index (χ1n) is 7.44. The van der Waals surface area contributed by atoms with E-state index in [1.165, 1.54) is 0 Å². The van der Waals surface area contributed by atoms with Gasteiger partial charge in [0.05, 0.1) is 17.8 Å². The molecule has 5 heteroatoms. The number of aryl methyl sites for hydroxylation is 2. The van der Waals surface area contributed by atoms with Crippen LogP contribution in [0, 0.1) is 13.8 Å². The van der Waals surface area contributed by atoms with Crippen LogP contribution in [0.25, 0.3) is 0 Å². The lowest BCUT2D eigenvalue weighted by Gasteiger charge is -2.21. The first kappa shape index (κ1) is 15.1. The molecule has 5 nitrogen and oxygen atoms in total. The number of fused-ring (bicyclic) bond motifs is 1. The molecule has 1 aliphatic heterocycles. The second-order valence-corrected chi connectivity index (χ2v) is 5.74. The molecule has 0 aliphatic carbocycles. The molecule has 0 bridgehead atoms. The summed E-state index contributed by atoms with van der Waals surface area (Å²) >= 11 is 0. The zero-order chi connectivity index (χ0) is 16.4. The summed E-state index contributed by atoms with van der Waals surface area (Å²) in [4.78, 5) is 23.7. The maximum atomic E-state index is 12.3. The van der Waals surface area contributed by atoms with Crippen molar-refractivity contribution in [2.45, 2.75) is 20.3 Å². The highest BCUT2D eigenvalue weighted by molar-refractivity contribution is 6.00. The Bertz CT molecular complexity index is 784. The van der Waals surface area contributed by atoms with E-state index in [2.05, 4.69) is 10.6 Å². The van der Waals surface area contributed by atoms with Crippen molar-refractivity contribution in [3.63, 3.8) is 0 Å². The Balaban J connectivity index is 1.80. The Kier molecular flexibility index (Phi) is 4.02. The summed E-state index contributed by atoms with van der Waals surface area (Å²) in [5, 5.41) is 5.63. The molecule has 0 fully saturated rings. The Morgan fingerprint density at radius 2 is 2.04 bits per heavy atom. The maximum absolute atomic E-state index is 12.3. The summed E-state index contributed by atoms with van der Waals surface area (Å²) in [6.07, 6.45) is 0.288. The summed E-state index contributed by atoms with van der Waals surface area (Å²) < 4.78 is 5.47. The molecule has 0 saturated heterocycles. The van der Waals surface area contributed by atoms with Gasteiger partial charge in [-0.3, -0.25) is 9.59 Å². The smallest absolute Gasteiger partial charge is 0.262 e. The predicted molar refractivity (Wildman–Crippen MR) is 88.8 cm³/mol. The second-order valence-electron chi connectivity index (χ2n) is 5.74. The van der Waals surface area contributed by atoms with Crippen molar-refractivity contribution < 1.29 is 14.3 Å². The fourth-order valence-electron chi connectivity index (χ4n) is 2.64. The lowest BCUT2D eigenvalue weighted by Crippen LogP contribution is -2.26. The van der Waals surface area contributed by atoms with Crippen LogP contribution in [-0.2, 0) is 16.0 Å². The van der Waals surface area contributed by atoms with Crippen molar-refractivity contribution >= 4 is 23.2 Å². The minimum Gasteiger partial charge on any atom is -0.479 e. The Hall–Kier alpha value is -2.82. The molecule has 0 atom stereocenters. The molecule has 1 heterocycles. The van der Waals surface area contributed by atoms with Crippen LogP contribution in [0.15, 0.2) is 36.4 Å². The number of hydrogen-bond donors (Lipinski definition) is 2. The Labute approximate surface area is 134 Å². The molecule has 3 rings (SSSR count). The van der Waals surface area contributed by atoms with Gasteiger partial charge in [0, 0.05) is 0 Å². The van der Waals surface area contributed by atoms with Gasteiger partial charge in [-0.2, -0.15) is 0 Å². The van der Waals surface area contributed by atoms with Gasteiger partial charge in [-0.1, -0.05) is 29.8 Å². The Morgan fingerprint density at radius 3 is 2.83 bits per heavy atom. The number of hydrogen-bond acceptors (Lipinski definition) is 3. The molecule has 23 heavy (non-hydrogen) atoms. The van der Waals surface area contributed by atoms with Crippen LogP contribution in [-0.4, -0.2) is 18.4 Å². The van der Waals surface area contributed by atoms with Gasteiger partial charge in [0.2, 0.25) is 5.91 Å².